The second-order valence-corrected chi connectivity index (χ2v) is 10.9. The van der Waals surface area contributed by atoms with E-state index in [4.69, 9.17) is 4.42 Å². The average Bonchev–Trinajstić information content (AvgIpc) is 3.16. The number of furan rings is 1. The van der Waals surface area contributed by atoms with Gasteiger partial charge in [0.2, 0.25) is 15.9 Å². The Bertz CT molecular complexity index is 1410. The molecule has 0 aromatic carbocycles. The molecule has 2 unspecified atom stereocenters. The summed E-state index contributed by atoms with van der Waals surface area (Å²) in [7, 11) is -1.59. The van der Waals surface area contributed by atoms with Crippen molar-refractivity contribution in [2.75, 3.05) is 24.7 Å². The average molecular weight is 488 g/mol. The number of nitrogens with one attached hydrogen (secondary N) is 1. The van der Waals surface area contributed by atoms with Crippen molar-refractivity contribution < 1.29 is 17.6 Å². The van der Waals surface area contributed by atoms with Gasteiger partial charge in [-0.3, -0.25) is 14.5 Å². The van der Waals surface area contributed by atoms with Gasteiger partial charge in [-0.05, 0) is 37.6 Å². The van der Waals surface area contributed by atoms with E-state index in [2.05, 4.69) is 15.2 Å². The molecule has 1 saturated heterocycles. The Morgan fingerprint density at radius 2 is 1.97 bits per heavy atom. The highest BCUT2D eigenvalue weighted by molar-refractivity contribution is 7.88. The number of amides is 1. The Morgan fingerprint density at radius 1 is 1.24 bits per heavy atom. The van der Waals surface area contributed by atoms with Crippen molar-refractivity contribution in [3.63, 3.8) is 0 Å². The maximum atomic E-state index is 12.8. The van der Waals surface area contributed by atoms with Crippen LogP contribution in [-0.2, 0) is 28.4 Å². The lowest BCUT2D eigenvalue weighted by atomic mass is 10.1. The maximum absolute atomic E-state index is 12.8. The molecule has 34 heavy (non-hydrogen) atoms. The first-order valence-corrected chi connectivity index (χ1v) is 12.9. The summed E-state index contributed by atoms with van der Waals surface area (Å²) < 4.78 is 33.4. The summed E-state index contributed by atoms with van der Waals surface area (Å²) >= 11 is 0. The number of hydrogen-bond acceptors (Lipinski definition) is 7. The lowest BCUT2D eigenvalue weighted by molar-refractivity contribution is -0.114. The maximum Gasteiger partial charge on any atom is 0.261 e. The third-order valence-corrected chi connectivity index (χ3v) is 7.48. The molecule has 11 heteroatoms. The number of rotatable bonds is 5. The SMILES string of the molecule is CC(=O)Nc1cc(-c2cn(C)c(=O)c3cc(CN4CC(C)N(S(C)(=O)=O)CC4C)oc23)ccn1. The van der Waals surface area contributed by atoms with Gasteiger partial charge in [0, 0.05) is 57.1 Å². The molecule has 1 N–H and O–H groups in total. The molecule has 0 aliphatic carbocycles. The van der Waals surface area contributed by atoms with Gasteiger partial charge >= 0.3 is 0 Å². The normalized spacial score (nSPS) is 20.0. The lowest BCUT2D eigenvalue weighted by Crippen LogP contribution is -2.57. The van der Waals surface area contributed by atoms with Gasteiger partial charge in [-0.15, -0.1) is 0 Å². The van der Waals surface area contributed by atoms with E-state index in [-0.39, 0.29) is 23.6 Å². The molecule has 1 fully saturated rings. The van der Waals surface area contributed by atoms with Gasteiger partial charge in [0.1, 0.15) is 17.2 Å². The highest BCUT2D eigenvalue weighted by Gasteiger charge is 2.34. The fourth-order valence-corrected chi connectivity index (χ4v) is 5.69. The predicted octanol–water partition coefficient (Wildman–Crippen LogP) is 2.01. The quantitative estimate of drug-likeness (QED) is 0.585. The van der Waals surface area contributed by atoms with E-state index >= 15 is 0 Å². The summed E-state index contributed by atoms with van der Waals surface area (Å²) in [5, 5.41) is 3.13. The van der Waals surface area contributed by atoms with Crippen LogP contribution in [0.25, 0.3) is 22.1 Å². The number of pyridine rings is 2. The predicted molar refractivity (Wildman–Crippen MR) is 130 cm³/mol. The van der Waals surface area contributed by atoms with Gasteiger partial charge < -0.3 is 14.3 Å². The van der Waals surface area contributed by atoms with Crippen LogP contribution in [0.3, 0.4) is 0 Å². The molecular formula is C23H29N5O5S. The fourth-order valence-electron chi connectivity index (χ4n) is 4.48. The van der Waals surface area contributed by atoms with Crippen LogP contribution in [-0.4, -0.2) is 64.5 Å². The fraction of sp³-hybridized carbons (Fsp3) is 0.435. The largest absolute Gasteiger partial charge is 0.459 e. The molecule has 0 saturated carbocycles. The van der Waals surface area contributed by atoms with Crippen molar-refractivity contribution in [3.8, 4) is 11.1 Å². The molecule has 2 atom stereocenters. The summed E-state index contributed by atoms with van der Waals surface area (Å²) in [5.74, 6) is 0.808. The van der Waals surface area contributed by atoms with Crippen molar-refractivity contribution >= 4 is 32.7 Å². The molecular weight excluding hydrogens is 458 g/mol. The van der Waals surface area contributed by atoms with Gasteiger partial charge in [0.05, 0.1) is 18.2 Å². The zero-order valence-electron chi connectivity index (χ0n) is 19.9. The van der Waals surface area contributed by atoms with Crippen LogP contribution in [0.15, 0.2) is 39.8 Å². The van der Waals surface area contributed by atoms with Gasteiger partial charge in [0.25, 0.3) is 5.56 Å². The third kappa shape index (κ3) is 4.77. The number of carbonyl (C=O) groups is 1. The van der Waals surface area contributed by atoms with Gasteiger partial charge in [-0.1, -0.05) is 0 Å². The Labute approximate surface area is 198 Å². The van der Waals surface area contributed by atoms with Gasteiger partial charge in [0.15, 0.2) is 0 Å². The molecule has 0 bridgehead atoms. The van der Waals surface area contributed by atoms with E-state index in [1.165, 1.54) is 22.1 Å². The smallest absolute Gasteiger partial charge is 0.261 e. The number of nitrogens with zero attached hydrogens (tertiary/aromatic N) is 4. The number of aromatic nitrogens is 2. The third-order valence-electron chi connectivity index (χ3n) is 6.12. The highest BCUT2D eigenvalue weighted by atomic mass is 32.2. The van der Waals surface area contributed by atoms with E-state index in [9.17, 15) is 18.0 Å². The topological polar surface area (TPSA) is 118 Å². The molecule has 1 amide bonds. The van der Waals surface area contributed by atoms with E-state index in [1.807, 2.05) is 13.8 Å². The molecule has 3 aromatic heterocycles. The van der Waals surface area contributed by atoms with E-state index in [1.54, 1.807) is 37.6 Å². The van der Waals surface area contributed by atoms with Crippen LogP contribution < -0.4 is 10.9 Å². The number of carbonyl (C=O) groups excluding carboxylic acids is 1. The summed E-state index contributed by atoms with van der Waals surface area (Å²) in [6, 6.07) is 5.11. The van der Waals surface area contributed by atoms with Gasteiger partial charge in [-0.2, -0.15) is 4.31 Å². The summed E-state index contributed by atoms with van der Waals surface area (Å²) in [4.78, 5) is 30.6. The van der Waals surface area contributed by atoms with Crippen LogP contribution >= 0.6 is 0 Å². The van der Waals surface area contributed by atoms with Crippen molar-refractivity contribution in [1.29, 1.82) is 0 Å². The molecule has 4 rings (SSSR count). The van der Waals surface area contributed by atoms with E-state index < -0.39 is 10.0 Å². The van der Waals surface area contributed by atoms with Crippen molar-refractivity contribution in [2.45, 2.75) is 39.4 Å². The standard InChI is InChI=1S/C23H29N5O5S/c1-14-11-28(34(5,31)32)15(2)10-27(14)12-18-9-19-22(33-18)20(13-26(4)23(19)30)17-6-7-24-21(8-17)25-16(3)29/h6-9,13-15H,10-12H2,1-5H3,(H,24,25,29). The van der Waals surface area contributed by atoms with Crippen molar-refractivity contribution in [3.05, 3.63) is 46.7 Å². The van der Waals surface area contributed by atoms with Crippen LogP contribution in [0, 0.1) is 0 Å². The Morgan fingerprint density at radius 3 is 2.65 bits per heavy atom. The minimum Gasteiger partial charge on any atom is -0.459 e. The number of fused-ring (bicyclic) bond motifs is 1. The van der Waals surface area contributed by atoms with Crippen LogP contribution in [0.1, 0.15) is 26.5 Å². The molecule has 1 aliphatic rings. The van der Waals surface area contributed by atoms with Gasteiger partial charge in [-0.25, -0.2) is 13.4 Å². The first-order chi connectivity index (χ1) is 15.9. The summed E-state index contributed by atoms with van der Waals surface area (Å²) in [6.07, 6.45) is 4.53. The Balaban J connectivity index is 1.69. The van der Waals surface area contributed by atoms with Crippen LogP contribution in [0.4, 0.5) is 5.82 Å². The van der Waals surface area contributed by atoms with E-state index in [0.717, 1.165) is 5.56 Å². The second-order valence-electron chi connectivity index (χ2n) is 8.99. The summed E-state index contributed by atoms with van der Waals surface area (Å²) in [5.41, 5.74) is 1.76. The number of piperazine rings is 1. The number of aryl methyl sites for hydroxylation is 1. The molecule has 3 aromatic rings. The number of hydrogen-bond donors (Lipinski definition) is 1. The zero-order chi connectivity index (χ0) is 24.8. The van der Waals surface area contributed by atoms with Crippen molar-refractivity contribution in [1.82, 2.24) is 18.8 Å². The number of anilines is 1. The van der Waals surface area contributed by atoms with Crippen LogP contribution in [0.5, 0.6) is 0 Å². The monoisotopic (exact) mass is 487 g/mol. The summed E-state index contributed by atoms with van der Waals surface area (Å²) in [6.45, 7) is 6.69. The molecule has 1 aliphatic heterocycles. The Hall–Kier alpha value is -3.02. The number of sulfonamides is 1. The van der Waals surface area contributed by atoms with Crippen LogP contribution in [0.2, 0.25) is 0 Å². The minimum absolute atomic E-state index is 0.0122. The first kappa shape index (κ1) is 24.1. The minimum atomic E-state index is -3.27. The molecule has 10 nitrogen and oxygen atoms in total. The second kappa shape index (κ2) is 8.97. The molecule has 4 heterocycles. The molecule has 182 valence electrons. The van der Waals surface area contributed by atoms with Crippen molar-refractivity contribution in [2.24, 2.45) is 7.05 Å². The Kier molecular flexibility index (Phi) is 6.36. The zero-order valence-corrected chi connectivity index (χ0v) is 20.7. The van der Waals surface area contributed by atoms with E-state index in [0.29, 0.717) is 47.7 Å². The molecule has 0 radical (unpaired) electrons. The first-order valence-electron chi connectivity index (χ1n) is 11.0. The highest BCUT2D eigenvalue weighted by Crippen LogP contribution is 2.31. The molecule has 0 spiro atoms. The lowest BCUT2D eigenvalue weighted by Gasteiger charge is -2.42.